The van der Waals surface area contributed by atoms with E-state index in [0.717, 1.165) is 13.1 Å². The van der Waals surface area contributed by atoms with Crippen molar-refractivity contribution in [1.82, 2.24) is 5.32 Å². The first-order valence-corrected chi connectivity index (χ1v) is 7.51. The van der Waals surface area contributed by atoms with Gasteiger partial charge in [0.2, 0.25) is 0 Å². The highest BCUT2D eigenvalue weighted by Gasteiger charge is 2.10. The van der Waals surface area contributed by atoms with E-state index in [0.29, 0.717) is 5.92 Å². The maximum atomic E-state index is 9.52. The van der Waals surface area contributed by atoms with Gasteiger partial charge in [0.05, 0.1) is 6.10 Å². The zero-order chi connectivity index (χ0) is 13.5. The molecule has 0 aliphatic heterocycles. The van der Waals surface area contributed by atoms with E-state index in [1.807, 2.05) is 6.92 Å². The minimum Gasteiger partial charge on any atom is -0.392 e. The number of nitrogens with one attached hydrogen (secondary N) is 1. The first-order chi connectivity index (χ1) is 8.49. The second-order valence-electron chi connectivity index (χ2n) is 5.24. The molecule has 1 aromatic carbocycles. The van der Waals surface area contributed by atoms with Crippen LogP contribution >= 0.6 is 11.8 Å². The largest absolute Gasteiger partial charge is 0.392 e. The topological polar surface area (TPSA) is 32.3 Å². The first-order valence-electron chi connectivity index (χ1n) is 6.63. The molecule has 0 saturated heterocycles. The fraction of sp³-hybridized carbons (Fsp3) is 0.600. The van der Waals surface area contributed by atoms with Crippen LogP contribution in [0, 0.1) is 5.92 Å². The van der Waals surface area contributed by atoms with E-state index < -0.39 is 0 Å². The van der Waals surface area contributed by atoms with E-state index in [4.69, 9.17) is 0 Å². The molecule has 1 aromatic rings. The van der Waals surface area contributed by atoms with E-state index >= 15 is 0 Å². The number of hydrogen-bond acceptors (Lipinski definition) is 3. The maximum absolute atomic E-state index is 9.52. The number of rotatable bonds is 7. The van der Waals surface area contributed by atoms with Crippen molar-refractivity contribution in [2.75, 3.05) is 6.54 Å². The van der Waals surface area contributed by atoms with Crippen molar-refractivity contribution in [3.63, 3.8) is 0 Å². The molecule has 0 fully saturated rings. The fourth-order valence-electron chi connectivity index (χ4n) is 1.55. The highest BCUT2D eigenvalue weighted by molar-refractivity contribution is 8.00. The lowest BCUT2D eigenvalue weighted by Gasteiger charge is -2.14. The molecule has 0 bridgehead atoms. The van der Waals surface area contributed by atoms with Gasteiger partial charge < -0.3 is 10.4 Å². The summed E-state index contributed by atoms with van der Waals surface area (Å²) in [6, 6.07) is 8.54. The van der Waals surface area contributed by atoms with Crippen LogP contribution in [0.1, 0.15) is 33.3 Å². The summed E-state index contributed by atoms with van der Waals surface area (Å²) >= 11 is 1.73. The lowest BCUT2D eigenvalue weighted by Crippen LogP contribution is -2.19. The van der Waals surface area contributed by atoms with Gasteiger partial charge in [0, 0.05) is 16.7 Å². The van der Waals surface area contributed by atoms with Crippen molar-refractivity contribution in [2.24, 2.45) is 5.92 Å². The summed E-state index contributed by atoms with van der Waals surface area (Å²) in [7, 11) is 0. The third-order valence-corrected chi connectivity index (χ3v) is 4.07. The Morgan fingerprint density at radius 2 is 1.94 bits per heavy atom. The van der Waals surface area contributed by atoms with Crippen LogP contribution in [-0.2, 0) is 6.54 Å². The lowest BCUT2D eigenvalue weighted by atomic mass is 10.2. The zero-order valence-corrected chi connectivity index (χ0v) is 12.6. The number of hydrogen-bond donors (Lipinski definition) is 2. The molecule has 2 atom stereocenters. The van der Waals surface area contributed by atoms with Gasteiger partial charge in [0.1, 0.15) is 0 Å². The average molecular weight is 267 g/mol. The summed E-state index contributed by atoms with van der Waals surface area (Å²) in [5.74, 6) is 0.679. The highest BCUT2D eigenvalue weighted by atomic mass is 32.2. The molecule has 2 nitrogen and oxygen atoms in total. The smallest absolute Gasteiger partial charge is 0.0631 e. The quantitative estimate of drug-likeness (QED) is 0.744. The van der Waals surface area contributed by atoms with Crippen molar-refractivity contribution < 1.29 is 5.11 Å². The molecule has 1 rings (SSSR count). The molecular weight excluding hydrogens is 242 g/mol. The van der Waals surface area contributed by atoms with Crippen molar-refractivity contribution >= 4 is 11.8 Å². The van der Waals surface area contributed by atoms with Crippen LogP contribution in [0.2, 0.25) is 0 Å². The molecule has 102 valence electrons. The van der Waals surface area contributed by atoms with E-state index in [-0.39, 0.29) is 11.4 Å². The van der Waals surface area contributed by atoms with Gasteiger partial charge >= 0.3 is 0 Å². The van der Waals surface area contributed by atoms with Crippen LogP contribution in [0.5, 0.6) is 0 Å². The number of aliphatic hydroxyl groups excluding tert-OH is 1. The molecule has 0 saturated carbocycles. The number of thioether (sulfide) groups is 1. The van der Waals surface area contributed by atoms with Crippen LogP contribution in [0.25, 0.3) is 0 Å². The Morgan fingerprint density at radius 1 is 1.22 bits per heavy atom. The fourth-order valence-corrected chi connectivity index (χ4v) is 2.55. The second kappa shape index (κ2) is 7.82. The van der Waals surface area contributed by atoms with Gasteiger partial charge in [-0.1, -0.05) is 32.9 Å². The Hall–Kier alpha value is -0.510. The van der Waals surface area contributed by atoms with Crippen molar-refractivity contribution in [3.8, 4) is 0 Å². The van der Waals surface area contributed by atoms with Gasteiger partial charge in [-0.25, -0.2) is 0 Å². The summed E-state index contributed by atoms with van der Waals surface area (Å²) in [4.78, 5) is 1.23. The molecule has 0 aromatic heterocycles. The molecule has 18 heavy (non-hydrogen) atoms. The Morgan fingerprint density at radius 3 is 2.56 bits per heavy atom. The van der Waals surface area contributed by atoms with Crippen LogP contribution < -0.4 is 5.32 Å². The van der Waals surface area contributed by atoms with Gasteiger partial charge in [-0.05, 0) is 37.1 Å². The molecule has 0 heterocycles. The van der Waals surface area contributed by atoms with Crippen molar-refractivity contribution in [3.05, 3.63) is 29.8 Å². The monoisotopic (exact) mass is 267 g/mol. The first kappa shape index (κ1) is 15.5. The summed E-state index contributed by atoms with van der Waals surface area (Å²) in [6.45, 7) is 10.3. The van der Waals surface area contributed by atoms with Crippen LogP contribution in [0.15, 0.2) is 29.2 Å². The molecule has 0 amide bonds. The van der Waals surface area contributed by atoms with E-state index in [9.17, 15) is 5.11 Å². The Labute approximate surface area is 115 Å². The SMILES string of the molecule is CC(C)CNCc1cccc(SC(C)C(C)O)c1. The van der Waals surface area contributed by atoms with E-state index in [1.54, 1.807) is 11.8 Å². The minimum absolute atomic E-state index is 0.226. The summed E-state index contributed by atoms with van der Waals surface area (Å²) < 4.78 is 0. The van der Waals surface area contributed by atoms with Crippen LogP contribution in [0.4, 0.5) is 0 Å². The van der Waals surface area contributed by atoms with Gasteiger partial charge in [-0.15, -0.1) is 11.8 Å². The molecule has 2 N–H and O–H groups in total. The summed E-state index contributed by atoms with van der Waals surface area (Å²) in [5, 5.41) is 13.2. The highest BCUT2D eigenvalue weighted by Crippen LogP contribution is 2.25. The van der Waals surface area contributed by atoms with E-state index in [2.05, 4.69) is 50.4 Å². The number of benzene rings is 1. The van der Waals surface area contributed by atoms with Crippen molar-refractivity contribution in [1.29, 1.82) is 0 Å². The summed E-state index contributed by atoms with van der Waals surface area (Å²) in [6.07, 6.45) is -0.280. The third-order valence-electron chi connectivity index (χ3n) is 2.78. The summed E-state index contributed by atoms with van der Waals surface area (Å²) in [5.41, 5.74) is 1.30. The predicted octanol–water partition coefficient (Wildman–Crippen LogP) is 3.29. The molecule has 2 unspecified atom stereocenters. The van der Waals surface area contributed by atoms with Gasteiger partial charge in [0.15, 0.2) is 0 Å². The molecule has 0 aliphatic rings. The van der Waals surface area contributed by atoms with Crippen molar-refractivity contribution in [2.45, 2.75) is 50.5 Å². The van der Waals surface area contributed by atoms with Crippen LogP contribution in [-0.4, -0.2) is 23.0 Å². The Balaban J connectivity index is 2.51. The average Bonchev–Trinajstić information content (AvgIpc) is 2.28. The standard InChI is InChI=1S/C15H25NOS/c1-11(2)9-16-10-14-6-5-7-15(8-14)18-13(4)12(3)17/h5-8,11-13,16-17H,9-10H2,1-4H3. The Bertz CT molecular complexity index is 352. The second-order valence-corrected chi connectivity index (χ2v) is 6.69. The maximum Gasteiger partial charge on any atom is 0.0631 e. The van der Waals surface area contributed by atoms with E-state index in [1.165, 1.54) is 10.5 Å². The van der Waals surface area contributed by atoms with Gasteiger partial charge in [0.25, 0.3) is 0 Å². The molecule has 0 radical (unpaired) electrons. The zero-order valence-electron chi connectivity index (χ0n) is 11.8. The lowest BCUT2D eigenvalue weighted by molar-refractivity contribution is 0.196. The van der Waals surface area contributed by atoms with Gasteiger partial charge in [-0.2, -0.15) is 0 Å². The van der Waals surface area contributed by atoms with Gasteiger partial charge in [-0.3, -0.25) is 0 Å². The molecular formula is C15H25NOS. The molecule has 0 aliphatic carbocycles. The predicted molar refractivity (Wildman–Crippen MR) is 80.0 cm³/mol. The molecule has 3 heteroatoms. The third kappa shape index (κ3) is 5.89. The minimum atomic E-state index is -0.280. The normalized spacial score (nSPS) is 14.8. The Kier molecular flexibility index (Phi) is 6.76. The number of aliphatic hydroxyl groups is 1. The molecule has 0 spiro atoms. The van der Waals surface area contributed by atoms with Crippen LogP contribution in [0.3, 0.4) is 0 Å².